The summed E-state index contributed by atoms with van der Waals surface area (Å²) in [6.45, 7) is 2.12. The molecule has 0 heterocycles. The molecule has 0 bridgehead atoms. The molecule has 0 spiro atoms. The molecule has 24 rings (SSSR count). The Bertz CT molecular complexity index is 8160. The van der Waals surface area contributed by atoms with Crippen LogP contribution < -0.4 is 29.4 Å². The Morgan fingerprint density at radius 3 is 0.714 bits per heavy atom. The fraction of sp³-hybridized carbons (Fsp3) is 0.0299. The van der Waals surface area contributed by atoms with Gasteiger partial charge in [0.25, 0.3) is 0 Å². The molecule has 0 aliphatic heterocycles. The van der Waals surface area contributed by atoms with E-state index in [0.717, 1.165) is 68.2 Å². The molecule has 140 heavy (non-hydrogen) atoms. The van der Waals surface area contributed by atoms with Gasteiger partial charge in [-0.3, -0.25) is 0 Å². The molecule has 24 aromatic carbocycles. The SMILES string of the molecule is CN(c1ccc(N(c2cccc(-c3ccccc3)c2)c2cccc(-c3ccccc3)c2)cc1)c1cc2ccccc2c2ccccc12.CN(c1ccc(N(c2cccc(-c3ccccc3)c2)c2cccc(-c3ccccc3)c2)cc1)c1ccc2c3cccc4cccc(c5cccc1c52)c43.Cc1ccc(N(C)c2ccc(N(c3cccc(-c4ccccc4)c3)c3cccc(-c4ccccc4)c3)cc2)cc1. The van der Waals surface area contributed by atoms with Gasteiger partial charge < -0.3 is 29.4 Å². The van der Waals surface area contributed by atoms with Crippen molar-refractivity contribution in [3.05, 3.63) is 552 Å². The molecule has 6 heteroatoms. The monoisotopic (exact) mass is 1790 g/mol. The molecule has 0 aliphatic carbocycles. The predicted molar refractivity (Wildman–Crippen MR) is 600 cm³/mol. The third-order valence-corrected chi connectivity index (χ3v) is 27.1. The Morgan fingerprint density at radius 1 is 0.129 bits per heavy atom. The van der Waals surface area contributed by atoms with Crippen molar-refractivity contribution < 1.29 is 0 Å². The fourth-order valence-electron chi connectivity index (χ4n) is 20.0. The van der Waals surface area contributed by atoms with E-state index in [4.69, 9.17) is 0 Å². The van der Waals surface area contributed by atoms with Crippen molar-refractivity contribution in [3.63, 3.8) is 0 Å². The van der Waals surface area contributed by atoms with Crippen LogP contribution in [0.15, 0.2) is 546 Å². The highest BCUT2D eigenvalue weighted by molar-refractivity contribution is 6.34. The molecular formula is C134H102N6. The third kappa shape index (κ3) is 18.0. The summed E-state index contributed by atoms with van der Waals surface area (Å²) in [7, 11) is 6.46. The van der Waals surface area contributed by atoms with Crippen molar-refractivity contribution in [3.8, 4) is 66.8 Å². The largest absolute Gasteiger partial charge is 0.345 e. The Balaban J connectivity index is 0.000000122. The van der Waals surface area contributed by atoms with E-state index >= 15 is 0 Å². The lowest BCUT2D eigenvalue weighted by molar-refractivity contribution is 1.20. The van der Waals surface area contributed by atoms with E-state index < -0.39 is 0 Å². The predicted octanol–water partition coefficient (Wildman–Crippen LogP) is 37.4. The lowest BCUT2D eigenvalue weighted by Crippen LogP contribution is -2.12. The van der Waals surface area contributed by atoms with E-state index in [-0.39, 0.29) is 0 Å². The van der Waals surface area contributed by atoms with Crippen LogP contribution in [0.3, 0.4) is 0 Å². The van der Waals surface area contributed by atoms with Gasteiger partial charge in [0, 0.05) is 117 Å². The van der Waals surface area contributed by atoms with Gasteiger partial charge in [-0.25, -0.2) is 0 Å². The Morgan fingerprint density at radius 2 is 0.364 bits per heavy atom. The van der Waals surface area contributed by atoms with Crippen molar-refractivity contribution >= 4 is 150 Å². The van der Waals surface area contributed by atoms with Crippen molar-refractivity contribution in [2.24, 2.45) is 0 Å². The lowest BCUT2D eigenvalue weighted by atomic mass is 9.89. The van der Waals surface area contributed by atoms with Crippen LogP contribution in [0.5, 0.6) is 0 Å². The van der Waals surface area contributed by atoms with Crippen LogP contribution in [0, 0.1) is 6.92 Å². The summed E-state index contributed by atoms with van der Waals surface area (Å²) in [5.41, 5.74) is 32.5. The van der Waals surface area contributed by atoms with Crippen molar-refractivity contribution in [2.45, 2.75) is 6.92 Å². The van der Waals surface area contributed by atoms with E-state index in [9.17, 15) is 0 Å². The molecule has 6 nitrogen and oxygen atoms in total. The first-order valence-electron chi connectivity index (χ1n) is 48.0. The van der Waals surface area contributed by atoms with Crippen LogP contribution in [0.4, 0.5) is 85.3 Å². The van der Waals surface area contributed by atoms with E-state index in [0.29, 0.717) is 0 Å². The quantitative estimate of drug-likeness (QED) is 0.0524. The summed E-state index contributed by atoms with van der Waals surface area (Å²) in [4.78, 5) is 13.9. The summed E-state index contributed by atoms with van der Waals surface area (Å²) in [5, 5.41) is 15.5. The Labute approximate surface area is 820 Å². The first-order valence-corrected chi connectivity index (χ1v) is 48.0. The highest BCUT2D eigenvalue weighted by Crippen LogP contribution is 2.49. The first-order chi connectivity index (χ1) is 69.1. The highest BCUT2D eigenvalue weighted by atomic mass is 15.2. The number of hydrogen-bond acceptors (Lipinski definition) is 6. The second kappa shape index (κ2) is 39.4. The number of rotatable bonds is 21. The van der Waals surface area contributed by atoms with Crippen LogP contribution >= 0.6 is 0 Å². The van der Waals surface area contributed by atoms with E-state index in [1.54, 1.807) is 0 Å². The molecule has 0 fully saturated rings. The van der Waals surface area contributed by atoms with Gasteiger partial charge in [0.2, 0.25) is 0 Å². The van der Waals surface area contributed by atoms with Gasteiger partial charge in [-0.05, 0) is 297 Å². The smallest absolute Gasteiger partial charge is 0.0494 e. The number of anilines is 15. The van der Waals surface area contributed by atoms with Gasteiger partial charge in [0.1, 0.15) is 0 Å². The molecule has 0 aromatic heterocycles. The van der Waals surface area contributed by atoms with Crippen LogP contribution in [0.2, 0.25) is 0 Å². The zero-order chi connectivity index (χ0) is 94.2. The normalized spacial score (nSPS) is 11.1. The molecule has 668 valence electrons. The van der Waals surface area contributed by atoms with E-state index in [1.165, 1.54) is 154 Å². The second-order valence-electron chi connectivity index (χ2n) is 35.8. The summed E-state index contributed by atoms with van der Waals surface area (Å²) < 4.78 is 0. The zero-order valence-corrected chi connectivity index (χ0v) is 78.6. The number of hydrogen-bond donors (Lipinski definition) is 0. The maximum absolute atomic E-state index is 2.36. The average Bonchev–Trinajstić information content (AvgIpc) is 0.715. The number of nitrogens with zero attached hydrogens (tertiary/aromatic N) is 6. The van der Waals surface area contributed by atoms with Gasteiger partial charge >= 0.3 is 0 Å². The highest BCUT2D eigenvalue weighted by Gasteiger charge is 2.24. The van der Waals surface area contributed by atoms with Gasteiger partial charge in [0.05, 0.1) is 0 Å². The van der Waals surface area contributed by atoms with Gasteiger partial charge in [-0.2, -0.15) is 0 Å². The first kappa shape index (κ1) is 87.3. The Kier molecular flexibility index (Phi) is 24.6. The summed E-state index contributed by atoms with van der Waals surface area (Å²) in [6, 6.07) is 196. The second-order valence-corrected chi connectivity index (χ2v) is 35.8. The maximum Gasteiger partial charge on any atom is 0.0494 e. The summed E-state index contributed by atoms with van der Waals surface area (Å²) >= 11 is 0. The fourth-order valence-corrected chi connectivity index (χ4v) is 20.0. The number of aryl methyl sites for hydroxylation is 1. The Hall–Kier alpha value is -18.1. The van der Waals surface area contributed by atoms with Crippen LogP contribution in [-0.2, 0) is 0 Å². The molecule has 0 radical (unpaired) electrons. The average molecular weight is 1800 g/mol. The number of fused-ring (bicyclic) bond motifs is 5. The standard InChI is InChI=1S/C51H36N2.C45H34N2.C38H32N2/c1-52(49-32-31-47-45-24-11-18-37-17-10-23-44(50(37)45)46-25-12-26-48(49)51(46)47)40-27-29-41(30-28-40)53(42-21-8-19-38(33-42)35-13-4-2-5-14-35)43-22-9-20-39(34-43)36-15-6-3-7-16-36;1-46(45-32-37-18-8-9-23-42(37)43-24-10-11-25-44(43)45)38-26-28-39(29-27-38)47(40-21-12-19-35(30-40)33-14-4-2-5-15-33)41-22-13-20-36(31-41)34-16-6-3-7-17-34;1-29-19-21-34(22-20-29)39(2)35-23-25-36(26-24-35)40(37-17-9-15-32(27-37)30-11-5-3-6-12-30)38-18-10-16-33(28-38)31-13-7-4-8-14-31/h2-34H,1H3;2-32H,1H3;3-28H,1-2H3. The van der Waals surface area contributed by atoms with Gasteiger partial charge in [-0.1, -0.05) is 382 Å². The maximum atomic E-state index is 2.36. The molecule has 0 aliphatic rings. The molecule has 0 saturated heterocycles. The lowest BCUT2D eigenvalue weighted by Gasteiger charge is -2.28. The molecule has 0 atom stereocenters. The molecule has 0 N–H and O–H groups in total. The van der Waals surface area contributed by atoms with E-state index in [2.05, 4.69) is 603 Å². The zero-order valence-electron chi connectivity index (χ0n) is 78.6. The molecule has 0 unspecified atom stereocenters. The minimum atomic E-state index is 1.10. The van der Waals surface area contributed by atoms with Gasteiger partial charge in [0.15, 0.2) is 0 Å². The van der Waals surface area contributed by atoms with Crippen molar-refractivity contribution in [1.29, 1.82) is 0 Å². The van der Waals surface area contributed by atoms with Crippen LogP contribution in [0.25, 0.3) is 131 Å². The summed E-state index contributed by atoms with van der Waals surface area (Å²) in [5.74, 6) is 0. The van der Waals surface area contributed by atoms with Crippen molar-refractivity contribution in [2.75, 3.05) is 50.5 Å². The molecule has 0 amide bonds. The molecular weight excluding hydrogens is 1690 g/mol. The van der Waals surface area contributed by atoms with E-state index in [1.807, 2.05) is 0 Å². The van der Waals surface area contributed by atoms with Gasteiger partial charge in [-0.15, -0.1) is 0 Å². The minimum Gasteiger partial charge on any atom is -0.345 e. The minimum absolute atomic E-state index is 1.10. The molecule has 0 saturated carbocycles. The van der Waals surface area contributed by atoms with Crippen molar-refractivity contribution in [1.82, 2.24) is 0 Å². The van der Waals surface area contributed by atoms with Crippen LogP contribution in [0.1, 0.15) is 5.56 Å². The third-order valence-electron chi connectivity index (χ3n) is 27.1. The molecule has 24 aromatic rings. The summed E-state index contributed by atoms with van der Waals surface area (Å²) in [6.07, 6.45) is 0. The topological polar surface area (TPSA) is 19.4 Å². The number of benzene rings is 24. The van der Waals surface area contributed by atoms with Crippen LogP contribution in [-0.4, -0.2) is 21.1 Å².